The number of aromatic nitrogens is 1. The molecule has 13 heteroatoms. The number of thiazole rings is 1. The summed E-state index contributed by atoms with van der Waals surface area (Å²) >= 11 is 1.59. The average Bonchev–Trinajstić information content (AvgIpc) is 3.57. The van der Waals surface area contributed by atoms with Gasteiger partial charge in [-0.1, -0.05) is 45.0 Å². The van der Waals surface area contributed by atoms with Gasteiger partial charge in [-0.05, 0) is 30.4 Å². The number of hydrogen-bond acceptors (Lipinski definition) is 9. The Morgan fingerprint density at radius 3 is 2.30 bits per heavy atom. The minimum atomic E-state index is -0.848. The summed E-state index contributed by atoms with van der Waals surface area (Å²) in [5, 5.41) is 16.5. The number of carbonyl (C=O) groups is 3. The fourth-order valence-corrected chi connectivity index (χ4v) is 6.59. The Morgan fingerprint density at radius 2 is 1.73 bits per heavy atom. The topological polar surface area (TPSA) is 144 Å². The largest absolute Gasteiger partial charge is 0.391 e. The highest BCUT2D eigenvalue weighted by Gasteiger charge is 2.44. The molecule has 4 atom stereocenters. The predicted octanol–water partition coefficient (Wildman–Crippen LogP) is 1.79. The highest BCUT2D eigenvalue weighted by Crippen LogP contribution is 2.29. The van der Waals surface area contributed by atoms with Gasteiger partial charge in [0.15, 0.2) is 0 Å². The molecule has 1 aromatic heterocycles. The molecule has 2 fully saturated rings. The number of halogens is 1. The molecular weight excluding hydrogens is 602 g/mol. The van der Waals surface area contributed by atoms with Crippen LogP contribution in [0.1, 0.15) is 51.4 Å². The van der Waals surface area contributed by atoms with Gasteiger partial charge in [0.2, 0.25) is 17.7 Å². The van der Waals surface area contributed by atoms with Crippen LogP contribution in [0.25, 0.3) is 10.4 Å². The van der Waals surface area contributed by atoms with Crippen molar-refractivity contribution in [2.24, 2.45) is 11.1 Å². The zero-order valence-corrected chi connectivity index (χ0v) is 28.0. The average molecular weight is 650 g/mol. The van der Waals surface area contributed by atoms with Crippen LogP contribution >= 0.6 is 23.7 Å². The zero-order chi connectivity index (χ0) is 31.3. The number of β-amino-alcohol motifs (C(OH)–C–C–N with tert-alkyl or cyclic N) is 1. The number of carbonyl (C=O) groups excluding carboxylic acids is 3. The number of aliphatic hydroxyl groups is 1. The Morgan fingerprint density at radius 1 is 1.09 bits per heavy atom. The molecule has 3 amide bonds. The molecule has 5 N–H and O–H groups in total. The van der Waals surface area contributed by atoms with Crippen molar-refractivity contribution in [1.29, 1.82) is 0 Å². The van der Waals surface area contributed by atoms with Crippen molar-refractivity contribution >= 4 is 41.5 Å². The molecule has 2 saturated heterocycles. The van der Waals surface area contributed by atoms with Crippen LogP contribution < -0.4 is 16.4 Å². The van der Waals surface area contributed by atoms with Gasteiger partial charge in [-0.25, -0.2) is 4.98 Å². The van der Waals surface area contributed by atoms with Gasteiger partial charge in [0.25, 0.3) is 0 Å². The Bertz CT molecular complexity index is 1260. The van der Waals surface area contributed by atoms with Crippen LogP contribution in [-0.2, 0) is 14.4 Å². The summed E-state index contributed by atoms with van der Waals surface area (Å²) < 4.78 is 0. The second-order valence-corrected chi connectivity index (χ2v) is 13.6. The monoisotopic (exact) mass is 649 g/mol. The van der Waals surface area contributed by atoms with Crippen molar-refractivity contribution in [3.63, 3.8) is 0 Å². The Kier molecular flexibility index (Phi) is 12.7. The van der Waals surface area contributed by atoms with Crippen molar-refractivity contribution in [3.05, 3.63) is 41.0 Å². The first-order valence-electron chi connectivity index (χ1n) is 15.1. The number of piperazine rings is 1. The van der Waals surface area contributed by atoms with E-state index in [4.69, 9.17) is 5.73 Å². The van der Waals surface area contributed by atoms with Gasteiger partial charge in [-0.2, -0.15) is 0 Å². The summed E-state index contributed by atoms with van der Waals surface area (Å²) in [6, 6.07) is 6.02. The lowest BCUT2D eigenvalue weighted by atomic mass is 9.85. The molecule has 44 heavy (non-hydrogen) atoms. The van der Waals surface area contributed by atoms with E-state index in [1.165, 1.54) is 4.90 Å². The molecule has 244 valence electrons. The van der Waals surface area contributed by atoms with E-state index in [1.807, 2.05) is 64.4 Å². The number of likely N-dealkylation sites (tertiary alicyclic amines) is 1. The van der Waals surface area contributed by atoms with Crippen molar-refractivity contribution in [2.75, 3.05) is 52.4 Å². The molecule has 0 bridgehead atoms. The number of aryl methyl sites for hydroxylation is 1. The van der Waals surface area contributed by atoms with E-state index in [2.05, 4.69) is 25.4 Å². The third-order valence-corrected chi connectivity index (χ3v) is 9.32. The maximum Gasteiger partial charge on any atom is 0.246 e. The van der Waals surface area contributed by atoms with E-state index < -0.39 is 23.6 Å². The van der Waals surface area contributed by atoms with E-state index in [9.17, 15) is 19.5 Å². The number of benzene rings is 1. The van der Waals surface area contributed by atoms with Gasteiger partial charge in [0, 0.05) is 52.2 Å². The fourth-order valence-electron chi connectivity index (χ4n) is 5.78. The maximum absolute atomic E-state index is 13.9. The summed E-state index contributed by atoms with van der Waals surface area (Å²) in [4.78, 5) is 51.7. The lowest BCUT2D eigenvalue weighted by molar-refractivity contribution is -0.144. The lowest BCUT2D eigenvalue weighted by Gasteiger charge is -2.37. The molecule has 0 spiro atoms. The predicted molar refractivity (Wildman–Crippen MR) is 176 cm³/mol. The van der Waals surface area contributed by atoms with Gasteiger partial charge in [0.1, 0.15) is 12.1 Å². The number of amides is 3. The highest BCUT2D eigenvalue weighted by atomic mass is 35.5. The van der Waals surface area contributed by atoms with Gasteiger partial charge in [0.05, 0.1) is 34.8 Å². The summed E-state index contributed by atoms with van der Waals surface area (Å²) in [7, 11) is 0. The third-order valence-electron chi connectivity index (χ3n) is 8.34. The molecule has 1 aromatic carbocycles. The van der Waals surface area contributed by atoms with Crippen molar-refractivity contribution < 1.29 is 19.5 Å². The number of hydrogen-bond donors (Lipinski definition) is 4. The van der Waals surface area contributed by atoms with Gasteiger partial charge >= 0.3 is 0 Å². The SMILES string of the molecule is Cc1ncsc1-c1ccc([C@H](C)NC(=O)[C@@H]2C[C@@H](O)CN2C(=O)[C@@H](NC(=O)CN2CCN(CCN)CC2)C(C)(C)C)cc1.Cl. The third kappa shape index (κ3) is 8.98. The van der Waals surface area contributed by atoms with Crippen LogP contribution in [0.5, 0.6) is 0 Å². The highest BCUT2D eigenvalue weighted by molar-refractivity contribution is 7.13. The van der Waals surface area contributed by atoms with Gasteiger partial charge in [-0.3, -0.25) is 24.2 Å². The second-order valence-electron chi connectivity index (χ2n) is 12.8. The van der Waals surface area contributed by atoms with Crippen molar-refractivity contribution in [3.8, 4) is 10.4 Å². The van der Waals surface area contributed by atoms with E-state index in [0.29, 0.717) is 6.54 Å². The number of rotatable bonds is 10. The zero-order valence-electron chi connectivity index (χ0n) is 26.4. The smallest absolute Gasteiger partial charge is 0.246 e. The molecule has 2 aliphatic rings. The second kappa shape index (κ2) is 15.6. The normalized spacial score (nSPS) is 20.9. The summed E-state index contributed by atoms with van der Waals surface area (Å²) in [6.45, 7) is 14.5. The van der Waals surface area contributed by atoms with Gasteiger partial charge in [-0.15, -0.1) is 23.7 Å². The van der Waals surface area contributed by atoms with Crippen LogP contribution in [0.15, 0.2) is 29.8 Å². The molecular formula is C31H48ClN7O4S. The number of nitrogens with one attached hydrogen (secondary N) is 2. The maximum atomic E-state index is 13.9. The Labute approximate surface area is 271 Å². The minimum absolute atomic E-state index is 0. The molecule has 0 aliphatic carbocycles. The molecule has 3 heterocycles. The molecule has 0 saturated carbocycles. The first kappa shape index (κ1) is 35.9. The van der Waals surface area contributed by atoms with Crippen molar-refractivity contribution in [1.82, 2.24) is 30.3 Å². The fraction of sp³-hybridized carbons (Fsp3) is 0.613. The molecule has 2 aliphatic heterocycles. The van der Waals surface area contributed by atoms with E-state index in [-0.39, 0.29) is 55.7 Å². The molecule has 2 aromatic rings. The number of nitrogens with two attached hydrogens (primary N) is 1. The number of aliphatic hydroxyl groups excluding tert-OH is 1. The lowest BCUT2D eigenvalue weighted by Crippen LogP contribution is -2.59. The van der Waals surface area contributed by atoms with E-state index >= 15 is 0 Å². The summed E-state index contributed by atoms with van der Waals surface area (Å²) in [6.07, 6.45) is -0.677. The quantitative estimate of drug-likeness (QED) is 0.305. The van der Waals surface area contributed by atoms with E-state index in [0.717, 1.165) is 54.4 Å². The van der Waals surface area contributed by atoms with Gasteiger partial charge < -0.3 is 26.4 Å². The first-order chi connectivity index (χ1) is 20.4. The van der Waals surface area contributed by atoms with Crippen molar-refractivity contribution in [2.45, 2.75) is 65.3 Å². The van der Waals surface area contributed by atoms with Crippen LogP contribution in [0.2, 0.25) is 0 Å². The van der Waals surface area contributed by atoms with Crippen LogP contribution in [0.4, 0.5) is 0 Å². The molecule has 0 radical (unpaired) electrons. The molecule has 4 rings (SSSR count). The Hall–Kier alpha value is -2.61. The standard InChI is InChI=1S/C31H47N7O4S.ClH/c1-20(22-6-8-23(9-7-22)27-21(2)33-19-43-27)34-29(41)25-16-24(39)17-38(25)30(42)28(31(3,4)5)35-26(40)18-37-14-12-36(11-10-32)13-15-37;/h6-9,19-20,24-25,28,39H,10-18,32H2,1-5H3,(H,34,41)(H,35,40);1H/t20-,24+,25-,28+;/m0./s1. The van der Waals surface area contributed by atoms with Crippen LogP contribution in [-0.4, -0.2) is 113 Å². The van der Waals surface area contributed by atoms with Crippen LogP contribution in [0, 0.1) is 12.3 Å². The Balaban J connectivity index is 0.00000529. The van der Waals surface area contributed by atoms with E-state index in [1.54, 1.807) is 11.3 Å². The number of nitrogens with zero attached hydrogens (tertiary/aromatic N) is 4. The van der Waals surface area contributed by atoms with Crippen LogP contribution in [0.3, 0.4) is 0 Å². The summed E-state index contributed by atoms with van der Waals surface area (Å²) in [5.41, 5.74) is 9.87. The molecule has 11 nitrogen and oxygen atoms in total. The first-order valence-corrected chi connectivity index (χ1v) is 16.0. The minimum Gasteiger partial charge on any atom is -0.391 e. The summed E-state index contributed by atoms with van der Waals surface area (Å²) in [5.74, 6) is -0.914. The molecule has 0 unspecified atom stereocenters.